The van der Waals surface area contributed by atoms with Crippen LogP contribution in [0.3, 0.4) is 0 Å². The molecule has 0 radical (unpaired) electrons. The van der Waals surface area contributed by atoms with E-state index in [1.54, 1.807) is 17.7 Å². The fourth-order valence-corrected chi connectivity index (χ4v) is 4.06. The first-order valence-corrected chi connectivity index (χ1v) is 8.93. The van der Waals surface area contributed by atoms with Crippen LogP contribution in [0.2, 0.25) is 0 Å². The lowest BCUT2D eigenvalue weighted by Gasteiger charge is -2.32. The van der Waals surface area contributed by atoms with E-state index in [1.807, 2.05) is 0 Å². The molecule has 22 heavy (non-hydrogen) atoms. The predicted molar refractivity (Wildman–Crippen MR) is 91.9 cm³/mol. The van der Waals surface area contributed by atoms with Crippen molar-refractivity contribution in [3.63, 3.8) is 0 Å². The molecule has 0 unspecified atom stereocenters. The van der Waals surface area contributed by atoms with Crippen LogP contribution < -0.4 is 4.74 Å². The molecule has 0 aromatic carbocycles. The molecule has 0 spiro atoms. The Labute approximate surface area is 136 Å². The lowest BCUT2D eigenvalue weighted by molar-refractivity contribution is 0.108. The summed E-state index contributed by atoms with van der Waals surface area (Å²) in [5.74, 6) is 1.28. The maximum Gasteiger partial charge on any atom is 0.225 e. The van der Waals surface area contributed by atoms with E-state index >= 15 is 0 Å². The van der Waals surface area contributed by atoms with Crippen molar-refractivity contribution >= 4 is 21.6 Å². The summed E-state index contributed by atoms with van der Waals surface area (Å²) in [7, 11) is 4.33. The van der Waals surface area contributed by atoms with E-state index in [0.717, 1.165) is 28.9 Å². The van der Waals surface area contributed by atoms with E-state index in [4.69, 9.17) is 4.74 Å². The molecular formula is C17H25N3OS. The molecule has 4 nitrogen and oxygen atoms in total. The number of nitrogens with zero attached hydrogens (tertiary/aromatic N) is 3. The topological polar surface area (TPSA) is 38.2 Å². The Bertz CT molecular complexity index is 630. The van der Waals surface area contributed by atoms with Gasteiger partial charge in [-0.3, -0.25) is 0 Å². The second-order valence-corrected chi connectivity index (χ2v) is 7.78. The molecule has 0 aliphatic heterocycles. The van der Waals surface area contributed by atoms with Gasteiger partial charge in [0.25, 0.3) is 0 Å². The minimum atomic E-state index is 0.289. The van der Waals surface area contributed by atoms with E-state index in [-0.39, 0.29) is 6.10 Å². The summed E-state index contributed by atoms with van der Waals surface area (Å²) in [6.07, 6.45) is 6.53. The third kappa shape index (κ3) is 3.25. The molecule has 0 amide bonds. The van der Waals surface area contributed by atoms with Gasteiger partial charge in [0.15, 0.2) is 0 Å². The van der Waals surface area contributed by atoms with Crippen molar-refractivity contribution in [3.8, 4) is 5.88 Å². The molecule has 1 aliphatic rings. The number of aromatic nitrogens is 2. The second kappa shape index (κ2) is 6.50. The molecule has 120 valence electrons. The molecule has 0 N–H and O–H groups in total. The zero-order valence-corrected chi connectivity index (χ0v) is 14.7. The first kappa shape index (κ1) is 15.7. The number of ether oxygens (including phenoxy) is 1. The van der Waals surface area contributed by atoms with Gasteiger partial charge in [-0.25, -0.2) is 9.97 Å². The van der Waals surface area contributed by atoms with Crippen molar-refractivity contribution in [3.05, 3.63) is 17.3 Å². The molecule has 1 saturated carbocycles. The molecule has 0 atom stereocenters. The summed E-state index contributed by atoms with van der Waals surface area (Å²) in [5, 5.41) is 1.07. The summed E-state index contributed by atoms with van der Waals surface area (Å²) < 4.78 is 6.23. The summed E-state index contributed by atoms with van der Waals surface area (Å²) in [6, 6.07) is 2.89. The van der Waals surface area contributed by atoms with Crippen LogP contribution in [-0.4, -0.2) is 41.1 Å². The van der Waals surface area contributed by atoms with Crippen molar-refractivity contribution in [2.75, 3.05) is 14.1 Å². The Morgan fingerprint density at radius 3 is 2.55 bits per heavy atom. The quantitative estimate of drug-likeness (QED) is 0.851. The molecule has 2 aromatic heterocycles. The first-order chi connectivity index (χ1) is 10.5. The van der Waals surface area contributed by atoms with Crippen LogP contribution in [0, 0.1) is 0 Å². The minimum Gasteiger partial charge on any atom is -0.474 e. The molecular weight excluding hydrogens is 294 g/mol. The summed E-state index contributed by atoms with van der Waals surface area (Å²) in [5.41, 5.74) is 0. The standard InChI is InChI=1S/C17H25N3OS/c1-11(2)15-9-14-16(18-10-19-17(14)22-15)21-13-7-5-12(6-8-13)20(3)4/h9-13H,5-8H2,1-4H3. The second-order valence-electron chi connectivity index (χ2n) is 6.71. The first-order valence-electron chi connectivity index (χ1n) is 8.12. The van der Waals surface area contributed by atoms with E-state index in [1.165, 1.54) is 17.7 Å². The number of thiophene rings is 1. The molecule has 5 heteroatoms. The van der Waals surface area contributed by atoms with E-state index in [0.29, 0.717) is 12.0 Å². The molecule has 1 fully saturated rings. The van der Waals surface area contributed by atoms with Gasteiger partial charge in [0, 0.05) is 10.9 Å². The van der Waals surface area contributed by atoms with Gasteiger partial charge in [0.1, 0.15) is 17.3 Å². The molecule has 3 rings (SSSR count). The largest absolute Gasteiger partial charge is 0.474 e. The predicted octanol–water partition coefficient (Wildman–Crippen LogP) is 4.07. The Morgan fingerprint density at radius 1 is 1.18 bits per heavy atom. The number of rotatable bonds is 4. The maximum absolute atomic E-state index is 6.23. The zero-order valence-electron chi connectivity index (χ0n) is 13.9. The third-order valence-electron chi connectivity index (χ3n) is 4.53. The summed E-state index contributed by atoms with van der Waals surface area (Å²) in [6.45, 7) is 4.42. The van der Waals surface area contributed by atoms with Crippen molar-refractivity contribution in [2.24, 2.45) is 0 Å². The molecule has 0 bridgehead atoms. The lowest BCUT2D eigenvalue weighted by Crippen LogP contribution is -2.35. The third-order valence-corrected chi connectivity index (χ3v) is 5.88. The molecule has 2 aromatic rings. The van der Waals surface area contributed by atoms with Gasteiger partial charge in [-0.05, 0) is 51.8 Å². The Balaban J connectivity index is 1.74. The number of fused-ring (bicyclic) bond motifs is 1. The lowest BCUT2D eigenvalue weighted by atomic mass is 9.92. The van der Waals surface area contributed by atoms with Crippen molar-refractivity contribution in [2.45, 2.75) is 57.6 Å². The smallest absolute Gasteiger partial charge is 0.225 e. The van der Waals surface area contributed by atoms with Crippen LogP contribution in [0.1, 0.15) is 50.3 Å². The fourth-order valence-electron chi connectivity index (χ4n) is 3.07. The molecule has 2 heterocycles. The van der Waals surface area contributed by atoms with Crippen molar-refractivity contribution in [1.82, 2.24) is 14.9 Å². The van der Waals surface area contributed by atoms with Gasteiger partial charge < -0.3 is 9.64 Å². The SMILES string of the molecule is CC(C)c1cc2c(OC3CCC(N(C)C)CC3)ncnc2s1. The van der Waals surface area contributed by atoms with Gasteiger partial charge in [-0.1, -0.05) is 13.8 Å². The van der Waals surface area contributed by atoms with Crippen molar-refractivity contribution < 1.29 is 4.74 Å². The van der Waals surface area contributed by atoms with Crippen LogP contribution in [0.25, 0.3) is 10.2 Å². The van der Waals surface area contributed by atoms with Crippen LogP contribution in [0.5, 0.6) is 5.88 Å². The van der Waals surface area contributed by atoms with Gasteiger partial charge in [-0.2, -0.15) is 0 Å². The van der Waals surface area contributed by atoms with Gasteiger partial charge in [-0.15, -0.1) is 11.3 Å². The van der Waals surface area contributed by atoms with Crippen molar-refractivity contribution in [1.29, 1.82) is 0 Å². The van der Waals surface area contributed by atoms with E-state index in [9.17, 15) is 0 Å². The van der Waals surface area contributed by atoms with Gasteiger partial charge in [0.05, 0.1) is 5.39 Å². The molecule has 1 aliphatic carbocycles. The highest BCUT2D eigenvalue weighted by Gasteiger charge is 2.24. The average molecular weight is 319 g/mol. The van der Waals surface area contributed by atoms with Gasteiger partial charge in [0.2, 0.25) is 5.88 Å². The highest BCUT2D eigenvalue weighted by Crippen LogP contribution is 2.35. The highest BCUT2D eigenvalue weighted by atomic mass is 32.1. The fraction of sp³-hybridized carbons (Fsp3) is 0.647. The van der Waals surface area contributed by atoms with Crippen LogP contribution in [0.4, 0.5) is 0 Å². The Kier molecular flexibility index (Phi) is 4.64. The number of hydrogen-bond donors (Lipinski definition) is 0. The van der Waals surface area contributed by atoms with Crippen LogP contribution >= 0.6 is 11.3 Å². The Hall–Kier alpha value is -1.20. The summed E-state index contributed by atoms with van der Waals surface area (Å²) in [4.78, 5) is 13.5. The zero-order chi connectivity index (χ0) is 15.7. The van der Waals surface area contributed by atoms with E-state index in [2.05, 4.69) is 48.9 Å². The van der Waals surface area contributed by atoms with Crippen LogP contribution in [-0.2, 0) is 0 Å². The summed E-state index contributed by atoms with van der Waals surface area (Å²) >= 11 is 1.75. The average Bonchev–Trinajstić information content (AvgIpc) is 2.93. The normalized spacial score (nSPS) is 22.6. The van der Waals surface area contributed by atoms with Gasteiger partial charge >= 0.3 is 0 Å². The maximum atomic E-state index is 6.23. The number of hydrogen-bond acceptors (Lipinski definition) is 5. The van der Waals surface area contributed by atoms with E-state index < -0.39 is 0 Å². The Morgan fingerprint density at radius 2 is 1.91 bits per heavy atom. The monoisotopic (exact) mass is 319 g/mol. The van der Waals surface area contributed by atoms with Crippen LogP contribution in [0.15, 0.2) is 12.4 Å². The minimum absolute atomic E-state index is 0.289. The highest BCUT2D eigenvalue weighted by molar-refractivity contribution is 7.18. The molecule has 0 saturated heterocycles.